The summed E-state index contributed by atoms with van der Waals surface area (Å²) in [6, 6.07) is 5.21. The van der Waals surface area contributed by atoms with Gasteiger partial charge in [0.2, 0.25) is 0 Å². The number of Topliss-reactive ketones (excluding diaryl/α,β-unsaturated/α-hetero) is 1. The first-order valence-electron chi connectivity index (χ1n) is 4.86. The maximum Gasteiger partial charge on any atom is 0.321 e. The van der Waals surface area contributed by atoms with E-state index in [1.165, 1.54) is 0 Å². The molecule has 5 heteroatoms. The van der Waals surface area contributed by atoms with Gasteiger partial charge in [-0.25, -0.2) is 4.79 Å². The van der Waals surface area contributed by atoms with E-state index < -0.39 is 0 Å². The minimum absolute atomic E-state index is 0.0438. The molecule has 1 aliphatic heterocycles. The summed E-state index contributed by atoms with van der Waals surface area (Å²) in [6.07, 6.45) is 0. The molecule has 16 heavy (non-hydrogen) atoms. The maximum absolute atomic E-state index is 11.5. The van der Waals surface area contributed by atoms with Crippen molar-refractivity contribution in [2.24, 2.45) is 0 Å². The Morgan fingerprint density at radius 1 is 1.56 bits per heavy atom. The lowest BCUT2D eigenvalue weighted by molar-refractivity contribution is 0.102. The molecule has 0 aliphatic carbocycles. The molecule has 2 rings (SSSR count). The van der Waals surface area contributed by atoms with Crippen LogP contribution < -0.4 is 5.32 Å². The van der Waals surface area contributed by atoms with Crippen molar-refractivity contribution in [3.63, 3.8) is 0 Å². The van der Waals surface area contributed by atoms with Gasteiger partial charge < -0.3 is 10.2 Å². The highest BCUT2D eigenvalue weighted by Gasteiger charge is 2.19. The van der Waals surface area contributed by atoms with Crippen molar-refractivity contribution in [1.29, 1.82) is 0 Å². The smallest absolute Gasteiger partial charge is 0.321 e. The Balaban J connectivity index is 2.36. The Kier molecular flexibility index (Phi) is 2.96. The molecule has 1 aliphatic rings. The summed E-state index contributed by atoms with van der Waals surface area (Å²) in [6.45, 7) is 0.532. The number of fused-ring (bicyclic) bond motifs is 1. The number of halogens is 1. The van der Waals surface area contributed by atoms with Gasteiger partial charge >= 0.3 is 6.03 Å². The highest BCUT2D eigenvalue weighted by Crippen LogP contribution is 2.23. The van der Waals surface area contributed by atoms with Crippen molar-refractivity contribution in [3.8, 4) is 0 Å². The standard InChI is InChI=1S/C11H11BrN2O2/c1-14-6-8-4-7(10(15)5-12)2-3-9(8)13-11(14)16/h2-4H,5-6H2,1H3,(H,13,16). The van der Waals surface area contributed by atoms with Gasteiger partial charge in [0.05, 0.1) is 5.33 Å². The van der Waals surface area contributed by atoms with E-state index >= 15 is 0 Å². The molecule has 4 nitrogen and oxygen atoms in total. The van der Waals surface area contributed by atoms with E-state index in [1.807, 2.05) is 6.07 Å². The SMILES string of the molecule is CN1Cc2cc(C(=O)CBr)ccc2NC1=O. The fourth-order valence-corrected chi connectivity index (χ4v) is 1.96. The molecule has 0 saturated heterocycles. The third-order valence-corrected chi connectivity index (χ3v) is 3.05. The number of nitrogens with one attached hydrogen (secondary N) is 1. The number of nitrogens with zero attached hydrogens (tertiary/aromatic N) is 1. The lowest BCUT2D eigenvalue weighted by Gasteiger charge is -2.26. The monoisotopic (exact) mass is 282 g/mol. The first kappa shape index (κ1) is 11.1. The topological polar surface area (TPSA) is 49.4 Å². The molecule has 0 bridgehead atoms. The second-order valence-corrected chi connectivity index (χ2v) is 4.28. The zero-order chi connectivity index (χ0) is 11.7. The van der Waals surface area contributed by atoms with Crippen LogP contribution in [-0.4, -0.2) is 29.1 Å². The predicted molar refractivity (Wildman–Crippen MR) is 65.1 cm³/mol. The van der Waals surface area contributed by atoms with Crippen LogP contribution in [-0.2, 0) is 6.54 Å². The molecule has 0 fully saturated rings. The molecular weight excluding hydrogens is 272 g/mol. The quantitative estimate of drug-likeness (QED) is 0.668. The van der Waals surface area contributed by atoms with Crippen LogP contribution >= 0.6 is 15.9 Å². The van der Waals surface area contributed by atoms with Gasteiger partial charge in [-0.3, -0.25) is 4.79 Å². The van der Waals surface area contributed by atoms with Crippen LogP contribution in [0.5, 0.6) is 0 Å². The molecule has 1 N–H and O–H groups in total. The van der Waals surface area contributed by atoms with E-state index in [-0.39, 0.29) is 11.8 Å². The fourth-order valence-electron chi connectivity index (χ4n) is 1.64. The normalized spacial score (nSPS) is 14.4. The van der Waals surface area contributed by atoms with E-state index in [0.29, 0.717) is 17.4 Å². The van der Waals surface area contributed by atoms with Crippen LogP contribution in [0, 0.1) is 0 Å². The van der Waals surface area contributed by atoms with E-state index in [1.54, 1.807) is 24.1 Å². The molecule has 0 atom stereocenters. The molecule has 1 aromatic rings. The number of rotatable bonds is 2. The van der Waals surface area contributed by atoms with Gasteiger partial charge in [0.25, 0.3) is 0 Å². The van der Waals surface area contributed by atoms with Crippen LogP contribution in [0.4, 0.5) is 10.5 Å². The summed E-state index contributed by atoms with van der Waals surface area (Å²) in [7, 11) is 1.72. The molecule has 0 unspecified atom stereocenters. The van der Waals surface area contributed by atoms with E-state index in [0.717, 1.165) is 11.3 Å². The summed E-state index contributed by atoms with van der Waals surface area (Å²) in [5.74, 6) is 0.0438. The molecule has 0 spiro atoms. The van der Waals surface area contributed by atoms with E-state index in [2.05, 4.69) is 21.2 Å². The molecule has 2 amide bonds. The zero-order valence-corrected chi connectivity index (χ0v) is 10.4. The highest BCUT2D eigenvalue weighted by molar-refractivity contribution is 9.09. The summed E-state index contributed by atoms with van der Waals surface area (Å²) >= 11 is 3.14. The van der Waals surface area contributed by atoms with Crippen LogP contribution in [0.15, 0.2) is 18.2 Å². The number of benzene rings is 1. The number of hydrogen-bond acceptors (Lipinski definition) is 2. The number of hydrogen-bond donors (Lipinski definition) is 1. The molecule has 1 heterocycles. The maximum atomic E-state index is 11.5. The van der Waals surface area contributed by atoms with Crippen molar-refractivity contribution >= 4 is 33.4 Å². The van der Waals surface area contributed by atoms with Gasteiger partial charge in [0.15, 0.2) is 5.78 Å². The number of anilines is 1. The number of alkyl halides is 1. The third kappa shape index (κ3) is 1.95. The van der Waals surface area contributed by atoms with Gasteiger partial charge in [-0.2, -0.15) is 0 Å². The summed E-state index contributed by atoms with van der Waals surface area (Å²) < 4.78 is 0. The third-order valence-electron chi connectivity index (χ3n) is 2.54. The first-order valence-corrected chi connectivity index (χ1v) is 5.98. The van der Waals surface area contributed by atoms with Crippen molar-refractivity contribution < 1.29 is 9.59 Å². The molecule has 1 aromatic carbocycles. The second kappa shape index (κ2) is 4.25. The van der Waals surface area contributed by atoms with Crippen molar-refractivity contribution in [3.05, 3.63) is 29.3 Å². The summed E-state index contributed by atoms with van der Waals surface area (Å²) in [4.78, 5) is 24.4. The largest absolute Gasteiger partial charge is 0.323 e. The first-order chi connectivity index (χ1) is 7.61. The average molecular weight is 283 g/mol. The Bertz CT molecular complexity index is 459. The van der Waals surface area contributed by atoms with E-state index in [9.17, 15) is 9.59 Å². The van der Waals surface area contributed by atoms with Gasteiger partial charge in [-0.05, 0) is 23.8 Å². The van der Waals surface area contributed by atoms with Crippen LogP contribution in [0.2, 0.25) is 0 Å². The number of urea groups is 1. The number of ketones is 1. The van der Waals surface area contributed by atoms with Crippen LogP contribution in [0.1, 0.15) is 15.9 Å². The molecular formula is C11H11BrN2O2. The number of amides is 2. The fraction of sp³-hybridized carbons (Fsp3) is 0.273. The van der Waals surface area contributed by atoms with Gasteiger partial charge in [0.1, 0.15) is 0 Å². The second-order valence-electron chi connectivity index (χ2n) is 3.71. The lowest BCUT2D eigenvalue weighted by Crippen LogP contribution is -2.35. The Labute approximate surface area is 102 Å². The highest BCUT2D eigenvalue weighted by atomic mass is 79.9. The van der Waals surface area contributed by atoms with Crippen LogP contribution in [0.3, 0.4) is 0 Å². The Morgan fingerprint density at radius 2 is 2.31 bits per heavy atom. The average Bonchev–Trinajstić information content (AvgIpc) is 2.29. The Morgan fingerprint density at radius 3 is 3.00 bits per heavy atom. The number of carbonyl (C=O) groups excluding carboxylic acids is 2. The van der Waals surface area contributed by atoms with Gasteiger partial charge in [-0.1, -0.05) is 15.9 Å². The summed E-state index contributed by atoms with van der Waals surface area (Å²) in [5.41, 5.74) is 2.42. The summed E-state index contributed by atoms with van der Waals surface area (Å²) in [5, 5.41) is 3.07. The predicted octanol–water partition coefficient (Wildman–Crippen LogP) is 2.24. The minimum Gasteiger partial charge on any atom is -0.323 e. The molecule has 84 valence electrons. The number of carbonyl (C=O) groups is 2. The van der Waals surface area contributed by atoms with Crippen LogP contribution in [0.25, 0.3) is 0 Å². The van der Waals surface area contributed by atoms with Crippen molar-refractivity contribution in [2.45, 2.75) is 6.54 Å². The van der Waals surface area contributed by atoms with Gasteiger partial charge in [0, 0.05) is 24.8 Å². The molecule has 0 saturated carbocycles. The van der Waals surface area contributed by atoms with Crippen molar-refractivity contribution in [2.75, 3.05) is 17.7 Å². The van der Waals surface area contributed by atoms with E-state index in [4.69, 9.17) is 0 Å². The zero-order valence-electron chi connectivity index (χ0n) is 8.79. The van der Waals surface area contributed by atoms with Crippen molar-refractivity contribution in [1.82, 2.24) is 4.90 Å². The van der Waals surface area contributed by atoms with Gasteiger partial charge in [-0.15, -0.1) is 0 Å². The lowest BCUT2D eigenvalue weighted by atomic mass is 10.0. The Hall–Kier alpha value is -1.36. The minimum atomic E-state index is -0.118. The molecule has 0 aromatic heterocycles. The molecule has 0 radical (unpaired) electrons.